The van der Waals surface area contributed by atoms with Crippen LogP contribution in [-0.4, -0.2) is 14.1 Å². The summed E-state index contributed by atoms with van der Waals surface area (Å²) in [4.78, 5) is 2.05. The number of anilines is 1. The molecule has 0 spiro atoms. The Labute approximate surface area is 122 Å². The number of aryl methyl sites for hydroxylation is 1. The van der Waals surface area contributed by atoms with Crippen LogP contribution in [0.2, 0.25) is 0 Å². The van der Waals surface area contributed by atoms with Crippen LogP contribution in [0.4, 0.5) is 17.1 Å². The van der Waals surface area contributed by atoms with E-state index in [1.165, 1.54) is 5.56 Å². The van der Waals surface area contributed by atoms with Crippen LogP contribution in [0.15, 0.2) is 57.2 Å². The molecule has 2 aromatic carbocycles. The summed E-state index contributed by atoms with van der Waals surface area (Å²) in [7, 11) is 4.03. The monoisotopic (exact) mass is 317 g/mol. The molecule has 4 heteroatoms. The number of hydrogen-bond acceptors (Lipinski definition) is 3. The van der Waals surface area contributed by atoms with Gasteiger partial charge in [-0.1, -0.05) is 22.0 Å². The number of hydrogen-bond donors (Lipinski definition) is 0. The number of benzene rings is 2. The maximum atomic E-state index is 4.23. The molecule has 19 heavy (non-hydrogen) atoms. The van der Waals surface area contributed by atoms with Gasteiger partial charge >= 0.3 is 0 Å². The van der Waals surface area contributed by atoms with Crippen LogP contribution in [0, 0.1) is 6.92 Å². The minimum Gasteiger partial charge on any atom is -0.378 e. The van der Waals surface area contributed by atoms with E-state index in [9.17, 15) is 0 Å². The fraction of sp³-hybridized carbons (Fsp3) is 0.200. The number of halogens is 1. The lowest BCUT2D eigenvalue weighted by Crippen LogP contribution is -2.07. The first-order valence-corrected chi connectivity index (χ1v) is 6.81. The van der Waals surface area contributed by atoms with Crippen LogP contribution >= 0.6 is 15.9 Å². The number of nitrogens with zero attached hydrogens (tertiary/aromatic N) is 3. The molecule has 0 saturated heterocycles. The van der Waals surface area contributed by atoms with Gasteiger partial charge in [-0.05, 0) is 48.9 Å². The first-order chi connectivity index (χ1) is 9.06. The van der Waals surface area contributed by atoms with E-state index in [-0.39, 0.29) is 0 Å². The van der Waals surface area contributed by atoms with Crippen molar-refractivity contribution in [3.63, 3.8) is 0 Å². The average Bonchev–Trinajstić information content (AvgIpc) is 2.40. The lowest BCUT2D eigenvalue weighted by atomic mass is 10.2. The summed E-state index contributed by atoms with van der Waals surface area (Å²) in [6, 6.07) is 13.9. The molecular formula is C15H16BrN3. The van der Waals surface area contributed by atoms with E-state index >= 15 is 0 Å². The van der Waals surface area contributed by atoms with Gasteiger partial charge in [0.15, 0.2) is 0 Å². The molecule has 0 N–H and O–H groups in total. The van der Waals surface area contributed by atoms with E-state index < -0.39 is 0 Å². The van der Waals surface area contributed by atoms with E-state index in [4.69, 9.17) is 0 Å². The van der Waals surface area contributed by atoms with Crippen LogP contribution in [0.5, 0.6) is 0 Å². The molecule has 2 rings (SSSR count). The van der Waals surface area contributed by atoms with Gasteiger partial charge in [-0.3, -0.25) is 0 Å². The Morgan fingerprint density at radius 2 is 1.47 bits per heavy atom. The van der Waals surface area contributed by atoms with Crippen LogP contribution in [0.25, 0.3) is 0 Å². The Morgan fingerprint density at radius 1 is 0.895 bits per heavy atom. The molecule has 0 fully saturated rings. The third-order valence-electron chi connectivity index (χ3n) is 2.80. The molecule has 2 aromatic rings. The predicted octanol–water partition coefficient (Wildman–Crippen LogP) is 5.24. The lowest BCUT2D eigenvalue weighted by Gasteiger charge is -2.11. The molecule has 0 unspecified atom stereocenters. The summed E-state index contributed by atoms with van der Waals surface area (Å²) in [6.07, 6.45) is 0. The van der Waals surface area contributed by atoms with Gasteiger partial charge in [0.2, 0.25) is 0 Å². The van der Waals surface area contributed by atoms with Gasteiger partial charge in [-0.25, -0.2) is 0 Å². The van der Waals surface area contributed by atoms with Crippen LogP contribution in [0.3, 0.4) is 0 Å². The first-order valence-electron chi connectivity index (χ1n) is 6.01. The summed E-state index contributed by atoms with van der Waals surface area (Å²) in [6.45, 7) is 2.05. The largest absolute Gasteiger partial charge is 0.378 e. The minimum atomic E-state index is 0.842. The lowest BCUT2D eigenvalue weighted by molar-refractivity contribution is 1.13. The second kappa shape index (κ2) is 5.97. The number of azo groups is 1. The molecule has 0 bridgehead atoms. The molecule has 0 radical (unpaired) electrons. The Hall–Kier alpha value is -1.68. The normalized spacial score (nSPS) is 10.9. The molecule has 0 saturated carbocycles. The summed E-state index contributed by atoms with van der Waals surface area (Å²) in [5.41, 5.74) is 4.03. The molecule has 0 atom stereocenters. The van der Waals surface area contributed by atoms with Gasteiger partial charge in [0.25, 0.3) is 0 Å². The van der Waals surface area contributed by atoms with E-state index in [2.05, 4.69) is 31.1 Å². The van der Waals surface area contributed by atoms with Crippen LogP contribution in [-0.2, 0) is 0 Å². The SMILES string of the molecule is Cc1ccc(N=Nc2ccc(N(C)C)cc2)cc1Br. The molecule has 3 nitrogen and oxygen atoms in total. The highest BCUT2D eigenvalue weighted by atomic mass is 79.9. The van der Waals surface area contributed by atoms with Gasteiger partial charge in [-0.15, -0.1) is 0 Å². The third kappa shape index (κ3) is 3.64. The zero-order valence-electron chi connectivity index (χ0n) is 11.3. The van der Waals surface area contributed by atoms with Crippen molar-refractivity contribution in [2.45, 2.75) is 6.92 Å². The maximum absolute atomic E-state index is 4.23. The van der Waals surface area contributed by atoms with Crippen LogP contribution < -0.4 is 4.90 Å². The van der Waals surface area contributed by atoms with Crippen molar-refractivity contribution in [1.82, 2.24) is 0 Å². The summed E-state index contributed by atoms with van der Waals surface area (Å²) >= 11 is 3.49. The Kier molecular flexibility index (Phi) is 4.32. The minimum absolute atomic E-state index is 0.842. The molecule has 0 amide bonds. The topological polar surface area (TPSA) is 28.0 Å². The first kappa shape index (κ1) is 13.7. The summed E-state index contributed by atoms with van der Waals surface area (Å²) in [5, 5.41) is 8.47. The molecule has 0 heterocycles. The maximum Gasteiger partial charge on any atom is 0.0868 e. The standard InChI is InChI=1S/C15H16BrN3/c1-11-4-5-13(10-15(11)16)18-17-12-6-8-14(9-7-12)19(2)3/h4-10H,1-3H3. The smallest absolute Gasteiger partial charge is 0.0868 e. The molecule has 0 aliphatic carbocycles. The van der Waals surface area contributed by atoms with E-state index in [0.29, 0.717) is 0 Å². The van der Waals surface area contributed by atoms with Crippen molar-refractivity contribution in [2.24, 2.45) is 10.2 Å². The van der Waals surface area contributed by atoms with Crippen molar-refractivity contribution >= 4 is 33.0 Å². The zero-order chi connectivity index (χ0) is 13.8. The van der Waals surface area contributed by atoms with Gasteiger partial charge in [-0.2, -0.15) is 10.2 Å². The Morgan fingerprint density at radius 3 is 2.05 bits per heavy atom. The fourth-order valence-corrected chi connectivity index (χ4v) is 1.94. The van der Waals surface area contributed by atoms with Gasteiger partial charge in [0.05, 0.1) is 11.4 Å². The molecular weight excluding hydrogens is 302 g/mol. The fourth-order valence-electron chi connectivity index (χ4n) is 1.58. The summed E-state index contributed by atoms with van der Waals surface area (Å²) in [5.74, 6) is 0. The van der Waals surface area contributed by atoms with Gasteiger partial charge < -0.3 is 4.90 Å². The highest BCUT2D eigenvalue weighted by Gasteiger charge is 1.97. The van der Waals surface area contributed by atoms with E-state index in [1.807, 2.05) is 63.5 Å². The molecule has 0 aromatic heterocycles. The van der Waals surface area contributed by atoms with Crippen molar-refractivity contribution < 1.29 is 0 Å². The van der Waals surface area contributed by atoms with E-state index in [1.54, 1.807) is 0 Å². The average molecular weight is 318 g/mol. The van der Waals surface area contributed by atoms with Crippen LogP contribution in [0.1, 0.15) is 5.56 Å². The Balaban J connectivity index is 2.15. The Bertz CT molecular complexity index is 589. The second-order valence-corrected chi connectivity index (χ2v) is 5.40. The number of rotatable bonds is 3. The highest BCUT2D eigenvalue weighted by molar-refractivity contribution is 9.10. The molecule has 0 aliphatic heterocycles. The molecule has 98 valence electrons. The zero-order valence-corrected chi connectivity index (χ0v) is 12.8. The summed E-state index contributed by atoms with van der Waals surface area (Å²) < 4.78 is 1.05. The van der Waals surface area contributed by atoms with Crippen molar-refractivity contribution in [2.75, 3.05) is 19.0 Å². The van der Waals surface area contributed by atoms with Gasteiger partial charge in [0.1, 0.15) is 0 Å². The van der Waals surface area contributed by atoms with Gasteiger partial charge in [0, 0.05) is 24.3 Å². The van der Waals surface area contributed by atoms with E-state index in [0.717, 1.165) is 21.5 Å². The van der Waals surface area contributed by atoms with Crippen molar-refractivity contribution in [1.29, 1.82) is 0 Å². The molecule has 0 aliphatic rings. The highest BCUT2D eigenvalue weighted by Crippen LogP contribution is 2.25. The second-order valence-electron chi connectivity index (χ2n) is 4.54. The van der Waals surface area contributed by atoms with Crippen molar-refractivity contribution in [3.05, 3.63) is 52.5 Å². The quantitative estimate of drug-likeness (QED) is 0.711. The predicted molar refractivity (Wildman–Crippen MR) is 83.8 cm³/mol. The third-order valence-corrected chi connectivity index (χ3v) is 3.66. The van der Waals surface area contributed by atoms with Crippen molar-refractivity contribution in [3.8, 4) is 0 Å².